The van der Waals surface area contributed by atoms with E-state index in [0.29, 0.717) is 22.8 Å². The van der Waals surface area contributed by atoms with Crippen molar-refractivity contribution in [1.82, 2.24) is 0 Å². The van der Waals surface area contributed by atoms with Crippen molar-refractivity contribution in [3.05, 3.63) is 70.5 Å². The molecule has 0 saturated carbocycles. The lowest BCUT2D eigenvalue weighted by molar-refractivity contribution is -0.135. The van der Waals surface area contributed by atoms with Crippen molar-refractivity contribution in [2.45, 2.75) is 26.2 Å². The zero-order valence-corrected chi connectivity index (χ0v) is 13.5. The van der Waals surface area contributed by atoms with E-state index in [1.807, 2.05) is 44.2 Å². The Morgan fingerprint density at radius 1 is 1.00 bits per heavy atom. The summed E-state index contributed by atoms with van der Waals surface area (Å²) in [6.07, 6.45) is 0.231. The third-order valence-corrected chi connectivity index (χ3v) is 4.41. The summed E-state index contributed by atoms with van der Waals surface area (Å²) in [4.78, 5) is 24.5. The van der Waals surface area contributed by atoms with Gasteiger partial charge in [0.25, 0.3) is 0 Å². The molecule has 4 heteroatoms. The summed E-state index contributed by atoms with van der Waals surface area (Å²) >= 11 is 0. The molecule has 0 aromatic heterocycles. The van der Waals surface area contributed by atoms with Crippen molar-refractivity contribution < 1.29 is 19.1 Å². The van der Waals surface area contributed by atoms with Gasteiger partial charge in [-0.15, -0.1) is 0 Å². The molecule has 2 aliphatic heterocycles. The van der Waals surface area contributed by atoms with Gasteiger partial charge in [-0.25, -0.2) is 0 Å². The molecule has 0 bridgehead atoms. The third kappa shape index (κ3) is 2.14. The zero-order valence-electron chi connectivity index (χ0n) is 13.5. The van der Waals surface area contributed by atoms with Gasteiger partial charge in [0.2, 0.25) is 5.78 Å². The molecule has 0 N–H and O–H groups in total. The van der Waals surface area contributed by atoms with Crippen LogP contribution >= 0.6 is 0 Å². The van der Waals surface area contributed by atoms with Gasteiger partial charge in [0.1, 0.15) is 11.5 Å². The van der Waals surface area contributed by atoms with Gasteiger partial charge >= 0.3 is 5.97 Å². The van der Waals surface area contributed by atoms with Crippen LogP contribution in [0.25, 0.3) is 0 Å². The van der Waals surface area contributed by atoms with E-state index < -0.39 is 0 Å². The molecule has 24 heavy (non-hydrogen) atoms. The molecule has 4 rings (SSSR count). The Labute approximate surface area is 139 Å². The number of carbonyl (C=O) groups excluding carboxylic acids is 2. The minimum absolute atomic E-state index is 0.114. The van der Waals surface area contributed by atoms with Gasteiger partial charge in [0.05, 0.1) is 12.0 Å². The minimum atomic E-state index is -0.275. The maximum absolute atomic E-state index is 12.5. The number of rotatable bonds is 1. The SMILES string of the molecule is CC(C)=C1Oc2c(ccc3c2C(c2ccccc2)CC(=O)O3)C1=O. The molecule has 120 valence electrons. The molecule has 0 saturated heterocycles. The Kier molecular flexibility index (Phi) is 3.27. The number of benzene rings is 2. The first kappa shape index (κ1) is 14.7. The van der Waals surface area contributed by atoms with E-state index >= 15 is 0 Å². The lowest BCUT2D eigenvalue weighted by atomic mass is 9.85. The summed E-state index contributed by atoms with van der Waals surface area (Å²) in [5.74, 6) is 0.792. The zero-order chi connectivity index (χ0) is 16.8. The molecule has 0 amide bonds. The van der Waals surface area contributed by atoms with Crippen molar-refractivity contribution in [3.8, 4) is 11.5 Å². The Bertz CT molecular complexity index is 889. The summed E-state index contributed by atoms with van der Waals surface area (Å²) in [7, 11) is 0. The Morgan fingerprint density at radius 3 is 2.46 bits per heavy atom. The highest BCUT2D eigenvalue weighted by atomic mass is 16.5. The van der Waals surface area contributed by atoms with Crippen LogP contribution in [0.2, 0.25) is 0 Å². The number of fused-ring (bicyclic) bond motifs is 3. The largest absolute Gasteiger partial charge is 0.452 e. The molecule has 1 atom stereocenters. The Morgan fingerprint density at radius 2 is 1.75 bits per heavy atom. The minimum Gasteiger partial charge on any atom is -0.452 e. The molecule has 2 aromatic rings. The summed E-state index contributed by atoms with van der Waals surface area (Å²) in [6.45, 7) is 3.69. The van der Waals surface area contributed by atoms with Crippen LogP contribution in [0.5, 0.6) is 11.5 Å². The number of esters is 1. The highest BCUT2D eigenvalue weighted by molar-refractivity contribution is 6.13. The molecule has 1 unspecified atom stereocenters. The van der Waals surface area contributed by atoms with E-state index in [-0.39, 0.29) is 24.1 Å². The molecule has 0 radical (unpaired) electrons. The fourth-order valence-corrected chi connectivity index (χ4v) is 3.29. The molecule has 2 heterocycles. The molecule has 0 aliphatic carbocycles. The van der Waals surface area contributed by atoms with Gasteiger partial charge in [-0.2, -0.15) is 0 Å². The smallest absolute Gasteiger partial charge is 0.312 e. The van der Waals surface area contributed by atoms with Crippen LogP contribution in [0.4, 0.5) is 0 Å². The summed E-state index contributed by atoms with van der Waals surface area (Å²) in [5, 5.41) is 0. The van der Waals surface area contributed by atoms with Gasteiger partial charge in [-0.05, 0) is 37.1 Å². The number of hydrogen-bond donors (Lipinski definition) is 0. The molecule has 0 fully saturated rings. The second-order valence-corrected chi connectivity index (χ2v) is 6.26. The topological polar surface area (TPSA) is 52.6 Å². The van der Waals surface area contributed by atoms with E-state index in [9.17, 15) is 9.59 Å². The van der Waals surface area contributed by atoms with Crippen LogP contribution in [0.15, 0.2) is 53.8 Å². The number of ether oxygens (including phenoxy) is 2. The predicted octanol–water partition coefficient (Wildman–Crippen LogP) is 4.00. The van der Waals surface area contributed by atoms with Crippen LogP contribution in [0, 0.1) is 0 Å². The number of allylic oxidation sites excluding steroid dienone is 2. The second-order valence-electron chi connectivity index (χ2n) is 6.26. The predicted molar refractivity (Wildman–Crippen MR) is 88.3 cm³/mol. The Hall–Kier alpha value is -2.88. The van der Waals surface area contributed by atoms with E-state index in [2.05, 4.69) is 0 Å². The maximum Gasteiger partial charge on any atom is 0.312 e. The quantitative estimate of drug-likeness (QED) is 0.453. The highest BCUT2D eigenvalue weighted by Crippen LogP contribution is 2.48. The van der Waals surface area contributed by atoms with E-state index in [4.69, 9.17) is 9.47 Å². The van der Waals surface area contributed by atoms with Crippen molar-refractivity contribution in [2.24, 2.45) is 0 Å². The molecule has 0 spiro atoms. The highest BCUT2D eigenvalue weighted by Gasteiger charge is 2.38. The summed E-state index contributed by atoms with van der Waals surface area (Å²) in [5.41, 5.74) is 3.14. The van der Waals surface area contributed by atoms with E-state index in [0.717, 1.165) is 16.7 Å². The van der Waals surface area contributed by atoms with Crippen LogP contribution in [-0.2, 0) is 4.79 Å². The van der Waals surface area contributed by atoms with Crippen molar-refractivity contribution in [3.63, 3.8) is 0 Å². The summed E-state index contributed by atoms with van der Waals surface area (Å²) in [6, 6.07) is 13.1. The monoisotopic (exact) mass is 320 g/mol. The van der Waals surface area contributed by atoms with Crippen LogP contribution < -0.4 is 9.47 Å². The lowest BCUT2D eigenvalue weighted by Gasteiger charge is -2.26. The second kappa shape index (κ2) is 5.34. The van der Waals surface area contributed by atoms with E-state index in [1.165, 1.54) is 0 Å². The number of carbonyl (C=O) groups is 2. The number of ketones is 1. The Balaban J connectivity index is 1.93. The first-order valence-electron chi connectivity index (χ1n) is 7.89. The normalized spacial score (nSPS) is 18.6. The van der Waals surface area contributed by atoms with Gasteiger partial charge in [-0.1, -0.05) is 30.3 Å². The molecule has 2 aromatic carbocycles. The van der Waals surface area contributed by atoms with Gasteiger partial charge in [0.15, 0.2) is 5.76 Å². The number of Topliss-reactive ketones (excluding diaryl/α,β-unsaturated/α-hetero) is 1. The maximum atomic E-state index is 12.5. The van der Waals surface area contributed by atoms with Crippen molar-refractivity contribution in [1.29, 1.82) is 0 Å². The average molecular weight is 320 g/mol. The first-order chi connectivity index (χ1) is 11.6. The fraction of sp³-hybridized carbons (Fsp3) is 0.200. The first-order valence-corrected chi connectivity index (χ1v) is 7.89. The molecular formula is C20H16O4. The lowest BCUT2D eigenvalue weighted by Crippen LogP contribution is -2.21. The van der Waals surface area contributed by atoms with Gasteiger partial charge in [0, 0.05) is 11.5 Å². The van der Waals surface area contributed by atoms with Crippen molar-refractivity contribution >= 4 is 11.8 Å². The van der Waals surface area contributed by atoms with Gasteiger partial charge < -0.3 is 9.47 Å². The fourth-order valence-electron chi connectivity index (χ4n) is 3.29. The van der Waals surface area contributed by atoms with Crippen LogP contribution in [0.1, 0.15) is 47.7 Å². The molecular weight excluding hydrogens is 304 g/mol. The van der Waals surface area contributed by atoms with Crippen LogP contribution in [-0.4, -0.2) is 11.8 Å². The van der Waals surface area contributed by atoms with Crippen LogP contribution in [0.3, 0.4) is 0 Å². The molecule has 4 nitrogen and oxygen atoms in total. The third-order valence-electron chi connectivity index (χ3n) is 4.41. The van der Waals surface area contributed by atoms with Crippen molar-refractivity contribution in [2.75, 3.05) is 0 Å². The average Bonchev–Trinajstić information content (AvgIpc) is 2.92. The molecule has 2 aliphatic rings. The van der Waals surface area contributed by atoms with E-state index in [1.54, 1.807) is 12.1 Å². The standard InChI is InChI=1S/C20H16O4/c1-11(2)19-18(22)13-8-9-15-17(20(13)24-19)14(10-16(21)23-15)12-6-4-3-5-7-12/h3-9,14H,10H2,1-2H3. The number of hydrogen-bond acceptors (Lipinski definition) is 4. The summed E-state index contributed by atoms with van der Waals surface area (Å²) < 4.78 is 11.3. The van der Waals surface area contributed by atoms with Gasteiger partial charge in [-0.3, -0.25) is 9.59 Å².